The Morgan fingerprint density at radius 3 is 1.80 bits per heavy atom. The maximum absolute atomic E-state index is 11.4. The van der Waals surface area contributed by atoms with Crippen LogP contribution in [-0.2, 0) is 9.53 Å². The monoisotopic (exact) mass is 469 g/mol. The number of anilines is 1. The van der Waals surface area contributed by atoms with Crippen LogP contribution in [0.25, 0.3) is 34.0 Å². The van der Waals surface area contributed by atoms with Crippen LogP contribution < -0.4 is 9.64 Å². The molecule has 0 unspecified atom stereocenters. The topological polar surface area (TPSA) is 77.7 Å². The van der Waals surface area contributed by atoms with E-state index in [1.807, 2.05) is 91.8 Å². The lowest BCUT2D eigenvalue weighted by molar-refractivity contribution is -0.139. The van der Waals surface area contributed by atoms with Crippen molar-refractivity contribution in [2.75, 3.05) is 32.2 Å². The van der Waals surface area contributed by atoms with Crippen molar-refractivity contribution < 1.29 is 18.7 Å². The van der Waals surface area contributed by atoms with Crippen LogP contribution in [0.4, 0.5) is 5.69 Å². The Morgan fingerprint density at radius 2 is 1.29 bits per heavy atom. The smallest absolute Gasteiger partial charge is 0.333 e. The highest BCUT2D eigenvalue weighted by Crippen LogP contribution is 2.28. The molecule has 4 rings (SSSR count). The van der Waals surface area contributed by atoms with Crippen LogP contribution >= 0.6 is 0 Å². The maximum atomic E-state index is 11.4. The SMILES string of the molecule is C=C(C)C(=O)OCCOc1ccc(-c2ccc(-c3nnc(-c4ccc(N(C)C)cc4)o3)cc2)cc1. The summed E-state index contributed by atoms with van der Waals surface area (Å²) in [6.07, 6.45) is 0. The third-order valence-electron chi connectivity index (χ3n) is 5.31. The average Bonchev–Trinajstić information content (AvgIpc) is 3.37. The Kier molecular flexibility index (Phi) is 7.26. The highest BCUT2D eigenvalue weighted by atomic mass is 16.6. The average molecular weight is 470 g/mol. The van der Waals surface area contributed by atoms with Crippen LogP contribution in [0, 0.1) is 0 Å². The van der Waals surface area contributed by atoms with Crippen LogP contribution in [0.3, 0.4) is 0 Å². The first kappa shape index (κ1) is 23.8. The van der Waals surface area contributed by atoms with E-state index in [1.54, 1.807) is 6.92 Å². The van der Waals surface area contributed by atoms with Crippen LogP contribution in [0.2, 0.25) is 0 Å². The van der Waals surface area contributed by atoms with Crippen LogP contribution in [-0.4, -0.2) is 43.5 Å². The fourth-order valence-corrected chi connectivity index (χ4v) is 3.32. The first-order valence-electron chi connectivity index (χ1n) is 11.2. The zero-order chi connectivity index (χ0) is 24.8. The van der Waals surface area contributed by atoms with Crippen LogP contribution in [0.15, 0.2) is 89.4 Å². The molecular formula is C28H27N3O4. The number of benzene rings is 3. The highest BCUT2D eigenvalue weighted by Gasteiger charge is 2.11. The van der Waals surface area contributed by atoms with Gasteiger partial charge in [0.25, 0.3) is 0 Å². The predicted octanol–water partition coefficient (Wildman–Crippen LogP) is 5.63. The predicted molar refractivity (Wildman–Crippen MR) is 136 cm³/mol. The van der Waals surface area contributed by atoms with E-state index in [-0.39, 0.29) is 13.2 Å². The summed E-state index contributed by atoms with van der Waals surface area (Å²) in [4.78, 5) is 13.4. The number of aromatic nitrogens is 2. The molecule has 0 amide bonds. The quantitative estimate of drug-likeness (QED) is 0.178. The van der Waals surface area contributed by atoms with E-state index in [0.717, 1.165) is 27.9 Å². The van der Waals surface area contributed by atoms with Crippen molar-refractivity contribution >= 4 is 11.7 Å². The summed E-state index contributed by atoms with van der Waals surface area (Å²) in [5, 5.41) is 8.41. The number of nitrogens with zero attached hydrogens (tertiary/aromatic N) is 3. The molecule has 0 radical (unpaired) electrons. The molecule has 35 heavy (non-hydrogen) atoms. The van der Waals surface area contributed by atoms with Gasteiger partial charge in [0.1, 0.15) is 19.0 Å². The van der Waals surface area contributed by atoms with Crippen molar-refractivity contribution in [1.82, 2.24) is 10.2 Å². The summed E-state index contributed by atoms with van der Waals surface area (Å²) >= 11 is 0. The highest BCUT2D eigenvalue weighted by molar-refractivity contribution is 5.86. The van der Waals surface area contributed by atoms with Gasteiger partial charge in [-0.1, -0.05) is 30.8 Å². The molecule has 0 spiro atoms. The number of hydrogen-bond acceptors (Lipinski definition) is 7. The van der Waals surface area contributed by atoms with Gasteiger partial charge in [0, 0.05) is 36.5 Å². The first-order valence-corrected chi connectivity index (χ1v) is 11.2. The number of carbonyl (C=O) groups is 1. The maximum Gasteiger partial charge on any atom is 0.333 e. The molecule has 0 aliphatic carbocycles. The van der Waals surface area contributed by atoms with E-state index in [9.17, 15) is 4.79 Å². The zero-order valence-electron chi connectivity index (χ0n) is 20.0. The fraction of sp³-hybridized carbons (Fsp3) is 0.179. The normalized spacial score (nSPS) is 10.6. The van der Waals surface area contributed by atoms with Gasteiger partial charge in [0.15, 0.2) is 0 Å². The van der Waals surface area contributed by atoms with Crippen molar-refractivity contribution in [3.8, 4) is 39.8 Å². The van der Waals surface area contributed by atoms with Crippen LogP contribution in [0.5, 0.6) is 5.75 Å². The minimum Gasteiger partial charge on any atom is -0.490 e. The van der Waals surface area contributed by atoms with Gasteiger partial charge < -0.3 is 18.8 Å². The lowest BCUT2D eigenvalue weighted by atomic mass is 10.0. The first-order chi connectivity index (χ1) is 16.9. The van der Waals surface area contributed by atoms with Gasteiger partial charge in [-0.3, -0.25) is 0 Å². The van der Waals surface area contributed by atoms with Gasteiger partial charge in [-0.05, 0) is 66.6 Å². The summed E-state index contributed by atoms with van der Waals surface area (Å²) in [6, 6.07) is 23.6. The molecule has 3 aromatic carbocycles. The molecule has 178 valence electrons. The van der Waals surface area contributed by atoms with E-state index >= 15 is 0 Å². The standard InChI is InChI=1S/C28H27N3O4/c1-19(2)28(32)34-18-17-33-25-15-11-21(12-16-25)20-5-7-22(8-6-20)26-29-30-27(35-26)23-9-13-24(14-10-23)31(3)4/h5-16H,1,17-18H2,2-4H3. The molecule has 0 aliphatic rings. The Balaban J connectivity index is 1.37. The molecule has 4 aromatic rings. The minimum atomic E-state index is -0.414. The van der Waals surface area contributed by atoms with Gasteiger partial charge in [-0.25, -0.2) is 4.79 Å². The second-order valence-electron chi connectivity index (χ2n) is 8.22. The van der Waals surface area contributed by atoms with Crippen molar-refractivity contribution in [2.45, 2.75) is 6.92 Å². The molecule has 7 nitrogen and oxygen atoms in total. The van der Waals surface area contributed by atoms with Crippen molar-refractivity contribution in [2.24, 2.45) is 0 Å². The largest absolute Gasteiger partial charge is 0.490 e. The van der Waals surface area contributed by atoms with E-state index in [2.05, 4.69) is 16.8 Å². The van der Waals surface area contributed by atoms with E-state index in [4.69, 9.17) is 13.9 Å². The van der Waals surface area contributed by atoms with Crippen molar-refractivity contribution in [3.05, 3.63) is 84.9 Å². The molecule has 0 aliphatic heterocycles. The second-order valence-corrected chi connectivity index (χ2v) is 8.22. The lowest BCUT2D eigenvalue weighted by Crippen LogP contribution is -2.12. The molecule has 1 heterocycles. The lowest BCUT2D eigenvalue weighted by Gasteiger charge is -2.11. The number of carbonyl (C=O) groups excluding carboxylic acids is 1. The summed E-state index contributed by atoms with van der Waals surface area (Å²) in [5.41, 5.74) is 5.30. The minimum absolute atomic E-state index is 0.174. The van der Waals surface area contributed by atoms with E-state index < -0.39 is 5.97 Å². The Labute approximate surface area is 204 Å². The van der Waals surface area contributed by atoms with E-state index in [0.29, 0.717) is 23.1 Å². The molecule has 1 aromatic heterocycles. The Morgan fingerprint density at radius 1 is 0.800 bits per heavy atom. The van der Waals surface area contributed by atoms with Gasteiger partial charge in [0.2, 0.25) is 11.8 Å². The molecule has 0 saturated heterocycles. The number of ether oxygens (including phenoxy) is 2. The fourth-order valence-electron chi connectivity index (χ4n) is 3.32. The Bertz CT molecular complexity index is 1290. The number of rotatable bonds is 9. The van der Waals surface area contributed by atoms with Gasteiger partial charge in [0.05, 0.1) is 0 Å². The third-order valence-corrected chi connectivity index (χ3v) is 5.31. The summed E-state index contributed by atoms with van der Waals surface area (Å²) < 4.78 is 16.6. The van der Waals surface area contributed by atoms with Gasteiger partial charge >= 0.3 is 5.97 Å². The zero-order valence-corrected chi connectivity index (χ0v) is 20.0. The van der Waals surface area contributed by atoms with Crippen LogP contribution in [0.1, 0.15) is 6.92 Å². The third kappa shape index (κ3) is 5.95. The molecule has 0 bridgehead atoms. The number of hydrogen-bond donors (Lipinski definition) is 0. The Hall–Kier alpha value is -4.39. The van der Waals surface area contributed by atoms with E-state index in [1.165, 1.54) is 0 Å². The summed E-state index contributed by atoms with van der Waals surface area (Å²) in [7, 11) is 4.00. The summed E-state index contributed by atoms with van der Waals surface area (Å²) in [6.45, 7) is 5.61. The molecule has 7 heteroatoms. The number of esters is 1. The van der Waals surface area contributed by atoms with Gasteiger partial charge in [-0.2, -0.15) is 0 Å². The molecular weight excluding hydrogens is 442 g/mol. The molecule has 0 atom stereocenters. The van der Waals surface area contributed by atoms with Gasteiger partial charge in [-0.15, -0.1) is 10.2 Å². The molecule has 0 saturated carbocycles. The summed E-state index contributed by atoms with van der Waals surface area (Å²) in [5.74, 6) is 1.25. The second kappa shape index (κ2) is 10.7. The van der Waals surface area contributed by atoms with Crippen molar-refractivity contribution in [1.29, 1.82) is 0 Å². The molecule has 0 fully saturated rings. The molecule has 0 N–H and O–H groups in total. The van der Waals surface area contributed by atoms with Crippen molar-refractivity contribution in [3.63, 3.8) is 0 Å².